The Hall–Kier alpha value is -1.59. The van der Waals surface area contributed by atoms with Crippen molar-refractivity contribution in [2.24, 2.45) is 10.4 Å². The quantitative estimate of drug-likeness (QED) is 0.487. The van der Waals surface area contributed by atoms with E-state index in [1.165, 1.54) is 69.2 Å². The minimum absolute atomic E-state index is 0.387. The molecule has 1 heterocycles. The first kappa shape index (κ1) is 22.1. The summed E-state index contributed by atoms with van der Waals surface area (Å²) in [5, 5.41) is 7.12. The molecule has 0 bridgehead atoms. The summed E-state index contributed by atoms with van der Waals surface area (Å²) in [6.45, 7) is 6.16. The molecule has 5 heteroatoms. The number of aliphatic imine (C=N–C) groups is 1. The molecule has 162 valence electrons. The Morgan fingerprint density at radius 1 is 1.03 bits per heavy atom. The summed E-state index contributed by atoms with van der Waals surface area (Å²) < 4.78 is 5.32. The van der Waals surface area contributed by atoms with Gasteiger partial charge in [-0.25, -0.2) is 0 Å². The van der Waals surface area contributed by atoms with E-state index in [9.17, 15) is 0 Å². The van der Waals surface area contributed by atoms with Crippen LogP contribution in [0.1, 0.15) is 62.5 Å². The summed E-state index contributed by atoms with van der Waals surface area (Å²) in [6, 6.07) is 8.85. The molecule has 0 atom stereocenters. The first-order valence-electron chi connectivity index (χ1n) is 11.5. The molecule has 1 saturated heterocycles. The lowest BCUT2D eigenvalue weighted by atomic mass is 9.67. The Labute approximate surface area is 177 Å². The van der Waals surface area contributed by atoms with Crippen LogP contribution in [0.25, 0.3) is 0 Å². The second kappa shape index (κ2) is 11.6. The number of benzene rings is 1. The fraction of sp³-hybridized carbons (Fsp3) is 0.708. The van der Waals surface area contributed by atoms with Crippen LogP contribution < -0.4 is 10.6 Å². The molecule has 1 aromatic rings. The van der Waals surface area contributed by atoms with Gasteiger partial charge in [0.15, 0.2) is 5.96 Å². The summed E-state index contributed by atoms with van der Waals surface area (Å²) in [7, 11) is 3.66. The molecule has 0 amide bonds. The van der Waals surface area contributed by atoms with Gasteiger partial charge >= 0.3 is 0 Å². The van der Waals surface area contributed by atoms with E-state index in [4.69, 9.17) is 4.74 Å². The van der Waals surface area contributed by atoms with Crippen LogP contribution in [0.15, 0.2) is 29.3 Å². The maximum atomic E-state index is 5.32. The van der Waals surface area contributed by atoms with Crippen LogP contribution in [0.4, 0.5) is 0 Å². The third-order valence-corrected chi connectivity index (χ3v) is 6.76. The molecule has 3 rings (SSSR count). The van der Waals surface area contributed by atoms with E-state index in [0.29, 0.717) is 5.41 Å². The minimum atomic E-state index is 0.387. The highest BCUT2D eigenvalue weighted by Gasteiger charge is 2.36. The molecule has 29 heavy (non-hydrogen) atoms. The summed E-state index contributed by atoms with van der Waals surface area (Å²) >= 11 is 0. The van der Waals surface area contributed by atoms with Crippen molar-refractivity contribution in [3.8, 4) is 0 Å². The topological polar surface area (TPSA) is 48.9 Å². The number of nitrogens with one attached hydrogen (secondary N) is 2. The largest absolute Gasteiger partial charge is 0.385 e. The molecule has 1 aromatic carbocycles. The SMILES string of the molecule is CN=C(NCc1ccccc1CN1CCCCCC1)NCC1(CCOC)CCC1. The van der Waals surface area contributed by atoms with Gasteiger partial charge in [-0.3, -0.25) is 9.89 Å². The second-order valence-electron chi connectivity index (χ2n) is 8.83. The molecule has 0 spiro atoms. The van der Waals surface area contributed by atoms with Crippen molar-refractivity contribution in [3.05, 3.63) is 35.4 Å². The number of ether oxygens (including phenoxy) is 1. The zero-order valence-corrected chi connectivity index (χ0v) is 18.5. The number of likely N-dealkylation sites (tertiary alicyclic amines) is 1. The molecule has 2 aliphatic rings. The van der Waals surface area contributed by atoms with Gasteiger partial charge in [0.05, 0.1) is 0 Å². The number of rotatable bonds is 9. The van der Waals surface area contributed by atoms with Crippen LogP contribution in [0.5, 0.6) is 0 Å². The maximum absolute atomic E-state index is 5.32. The Morgan fingerprint density at radius 3 is 2.38 bits per heavy atom. The molecule has 1 aliphatic carbocycles. The Balaban J connectivity index is 1.51. The van der Waals surface area contributed by atoms with Gasteiger partial charge in [-0.15, -0.1) is 0 Å². The van der Waals surface area contributed by atoms with Crippen LogP contribution in [0.2, 0.25) is 0 Å². The summed E-state index contributed by atoms with van der Waals surface area (Å²) in [5.41, 5.74) is 3.20. The van der Waals surface area contributed by atoms with E-state index in [1.807, 2.05) is 7.05 Å². The fourth-order valence-corrected chi connectivity index (χ4v) is 4.60. The first-order valence-corrected chi connectivity index (χ1v) is 11.5. The van der Waals surface area contributed by atoms with Crippen molar-refractivity contribution >= 4 is 5.96 Å². The lowest BCUT2D eigenvalue weighted by molar-refractivity contribution is 0.0732. The number of hydrogen-bond donors (Lipinski definition) is 2. The van der Waals surface area contributed by atoms with Gasteiger partial charge in [0, 0.05) is 40.4 Å². The summed E-state index contributed by atoms with van der Waals surface area (Å²) in [6.07, 6.45) is 10.5. The molecule has 5 nitrogen and oxygen atoms in total. The van der Waals surface area contributed by atoms with Gasteiger partial charge in [0.25, 0.3) is 0 Å². The van der Waals surface area contributed by atoms with Crippen molar-refractivity contribution in [1.29, 1.82) is 0 Å². The molecule has 0 unspecified atom stereocenters. The van der Waals surface area contributed by atoms with Crippen LogP contribution in [-0.2, 0) is 17.8 Å². The smallest absolute Gasteiger partial charge is 0.191 e. The van der Waals surface area contributed by atoms with Crippen molar-refractivity contribution in [1.82, 2.24) is 15.5 Å². The van der Waals surface area contributed by atoms with Crippen molar-refractivity contribution in [3.63, 3.8) is 0 Å². The van der Waals surface area contributed by atoms with E-state index in [1.54, 1.807) is 7.11 Å². The average molecular weight is 401 g/mol. The molecule has 0 aromatic heterocycles. The van der Waals surface area contributed by atoms with E-state index in [-0.39, 0.29) is 0 Å². The standard InChI is InChI=1S/C24H40N4O/c1-25-23(27-20-24(12-9-13-24)14-17-29-2)26-18-21-10-5-6-11-22(21)19-28-15-7-3-4-8-16-28/h5-6,10-11H,3-4,7-9,12-20H2,1-2H3,(H2,25,26,27). The zero-order valence-electron chi connectivity index (χ0n) is 18.5. The zero-order chi connectivity index (χ0) is 20.4. The molecule has 0 radical (unpaired) electrons. The third kappa shape index (κ3) is 6.71. The predicted molar refractivity (Wildman–Crippen MR) is 121 cm³/mol. The van der Waals surface area contributed by atoms with Crippen LogP contribution in [0.3, 0.4) is 0 Å². The lowest BCUT2D eigenvalue weighted by Crippen LogP contribution is -2.46. The normalized spacial score (nSPS) is 20.0. The fourth-order valence-electron chi connectivity index (χ4n) is 4.60. The van der Waals surface area contributed by atoms with E-state index >= 15 is 0 Å². The number of hydrogen-bond acceptors (Lipinski definition) is 3. The molecule has 2 fully saturated rings. The predicted octanol–water partition coefficient (Wildman–Crippen LogP) is 3.93. The van der Waals surface area contributed by atoms with Crippen molar-refractivity contribution < 1.29 is 4.74 Å². The number of guanidine groups is 1. The van der Waals surface area contributed by atoms with Crippen molar-refractivity contribution in [2.75, 3.05) is 40.4 Å². The highest BCUT2D eigenvalue weighted by molar-refractivity contribution is 5.79. The average Bonchev–Trinajstić information content (AvgIpc) is 2.99. The second-order valence-corrected chi connectivity index (χ2v) is 8.83. The monoisotopic (exact) mass is 400 g/mol. The van der Waals surface area contributed by atoms with Crippen LogP contribution >= 0.6 is 0 Å². The lowest BCUT2D eigenvalue weighted by Gasteiger charge is -2.42. The van der Waals surface area contributed by atoms with Gasteiger partial charge in [-0.1, -0.05) is 43.5 Å². The molecule has 1 saturated carbocycles. The van der Waals surface area contributed by atoms with E-state index in [2.05, 4.69) is 44.8 Å². The number of methoxy groups -OCH3 is 1. The van der Waals surface area contributed by atoms with Crippen molar-refractivity contribution in [2.45, 2.75) is 64.5 Å². The Bertz CT molecular complexity index is 634. The first-order chi connectivity index (χ1) is 14.2. The van der Waals surface area contributed by atoms with Crippen LogP contribution in [0, 0.1) is 5.41 Å². The highest BCUT2D eigenvalue weighted by Crippen LogP contribution is 2.43. The third-order valence-electron chi connectivity index (χ3n) is 6.76. The van der Waals surface area contributed by atoms with Gasteiger partial charge in [0.2, 0.25) is 0 Å². The van der Waals surface area contributed by atoms with E-state index in [0.717, 1.165) is 38.6 Å². The molecular weight excluding hydrogens is 360 g/mol. The molecule has 1 aliphatic heterocycles. The minimum Gasteiger partial charge on any atom is -0.385 e. The van der Waals surface area contributed by atoms with E-state index < -0.39 is 0 Å². The van der Waals surface area contributed by atoms with Gasteiger partial charge in [-0.2, -0.15) is 0 Å². The van der Waals surface area contributed by atoms with Crippen LogP contribution in [-0.4, -0.2) is 51.3 Å². The summed E-state index contributed by atoms with van der Waals surface area (Å²) in [4.78, 5) is 7.08. The van der Waals surface area contributed by atoms with Gasteiger partial charge < -0.3 is 15.4 Å². The summed E-state index contributed by atoms with van der Waals surface area (Å²) in [5.74, 6) is 0.901. The number of nitrogens with zero attached hydrogens (tertiary/aromatic N) is 2. The Kier molecular flexibility index (Phi) is 8.81. The van der Waals surface area contributed by atoms with Gasteiger partial charge in [0.1, 0.15) is 0 Å². The molecule has 2 N–H and O–H groups in total. The Morgan fingerprint density at radius 2 is 1.76 bits per heavy atom. The molecular formula is C24H40N4O. The highest BCUT2D eigenvalue weighted by atomic mass is 16.5. The maximum Gasteiger partial charge on any atom is 0.191 e. The van der Waals surface area contributed by atoms with Gasteiger partial charge in [-0.05, 0) is 61.7 Å².